The monoisotopic (exact) mass is 445 g/mol. The molecular formula is C21H20FN3O5S. The molecule has 3 rings (SSSR count). The fourth-order valence-corrected chi connectivity index (χ4v) is 3.41. The number of rotatable bonds is 7. The predicted molar refractivity (Wildman–Crippen MR) is 116 cm³/mol. The van der Waals surface area contributed by atoms with E-state index in [4.69, 9.17) is 4.74 Å². The van der Waals surface area contributed by atoms with Gasteiger partial charge in [0.05, 0.1) is 0 Å². The van der Waals surface area contributed by atoms with E-state index in [-0.39, 0.29) is 28.4 Å². The maximum atomic E-state index is 13.2. The van der Waals surface area contributed by atoms with Gasteiger partial charge in [0.1, 0.15) is 17.4 Å². The number of H-pyrrole nitrogens is 1. The Morgan fingerprint density at radius 2 is 1.90 bits per heavy atom. The highest BCUT2D eigenvalue weighted by Crippen LogP contribution is 2.32. The number of hydrogen-bond acceptors (Lipinski definition) is 5. The Morgan fingerprint density at radius 3 is 2.52 bits per heavy atom. The van der Waals surface area contributed by atoms with Gasteiger partial charge in [-0.25, -0.2) is 12.8 Å². The first kappa shape index (κ1) is 22.0. The SMILES string of the molecule is C=CS(=O)(=O)Nc1cc(-c2cc(CC)c(=O)n(C)c2)c(Oc2ccc(F)cc2)c(=O)[nH]1. The van der Waals surface area contributed by atoms with Gasteiger partial charge < -0.3 is 14.3 Å². The van der Waals surface area contributed by atoms with Crippen molar-refractivity contribution in [2.45, 2.75) is 13.3 Å². The fourth-order valence-electron chi connectivity index (χ4n) is 2.91. The van der Waals surface area contributed by atoms with Crippen LogP contribution in [0.25, 0.3) is 11.1 Å². The molecule has 0 aliphatic heterocycles. The second kappa shape index (κ2) is 8.60. The van der Waals surface area contributed by atoms with Gasteiger partial charge in [-0.3, -0.25) is 14.3 Å². The van der Waals surface area contributed by atoms with Crippen molar-refractivity contribution in [1.82, 2.24) is 9.55 Å². The molecule has 3 aromatic rings. The minimum absolute atomic E-state index is 0.113. The number of pyridine rings is 2. The summed E-state index contributed by atoms with van der Waals surface area (Å²) in [4.78, 5) is 27.5. The molecule has 0 radical (unpaired) electrons. The summed E-state index contributed by atoms with van der Waals surface area (Å²) >= 11 is 0. The Bertz CT molecular complexity index is 1360. The van der Waals surface area contributed by atoms with E-state index in [0.29, 0.717) is 23.0 Å². The van der Waals surface area contributed by atoms with Crippen molar-refractivity contribution in [3.05, 3.63) is 86.7 Å². The van der Waals surface area contributed by atoms with Gasteiger partial charge in [0.25, 0.3) is 21.1 Å². The first-order valence-electron chi connectivity index (χ1n) is 9.19. The molecule has 10 heteroatoms. The van der Waals surface area contributed by atoms with E-state index in [9.17, 15) is 22.4 Å². The Balaban J connectivity index is 2.24. The Morgan fingerprint density at radius 1 is 1.23 bits per heavy atom. The number of benzene rings is 1. The van der Waals surface area contributed by atoms with E-state index >= 15 is 0 Å². The third-order valence-corrected chi connectivity index (χ3v) is 5.39. The minimum atomic E-state index is -3.89. The second-order valence-corrected chi connectivity index (χ2v) is 8.28. The van der Waals surface area contributed by atoms with Crippen LogP contribution in [0.1, 0.15) is 12.5 Å². The van der Waals surface area contributed by atoms with Gasteiger partial charge >= 0.3 is 0 Å². The molecule has 8 nitrogen and oxygen atoms in total. The molecule has 0 aliphatic rings. The van der Waals surface area contributed by atoms with E-state index in [1.165, 1.54) is 41.1 Å². The molecule has 0 bridgehead atoms. The van der Waals surface area contributed by atoms with Crippen LogP contribution in [0.3, 0.4) is 0 Å². The number of halogens is 1. The van der Waals surface area contributed by atoms with Crippen LogP contribution in [0, 0.1) is 5.82 Å². The van der Waals surface area contributed by atoms with Crippen molar-refractivity contribution in [2.75, 3.05) is 4.72 Å². The molecule has 162 valence electrons. The Hall–Kier alpha value is -3.66. The lowest BCUT2D eigenvalue weighted by atomic mass is 10.0. The molecular weight excluding hydrogens is 425 g/mol. The van der Waals surface area contributed by atoms with Crippen molar-refractivity contribution < 1.29 is 17.5 Å². The molecule has 2 heterocycles. The van der Waals surface area contributed by atoms with Gasteiger partial charge in [-0.1, -0.05) is 13.5 Å². The van der Waals surface area contributed by atoms with Crippen LogP contribution in [0.2, 0.25) is 0 Å². The van der Waals surface area contributed by atoms with E-state index in [2.05, 4.69) is 16.3 Å². The zero-order valence-corrected chi connectivity index (χ0v) is 17.6. The molecule has 0 spiro atoms. The third kappa shape index (κ3) is 4.92. The number of aromatic amines is 1. The molecule has 0 saturated heterocycles. The van der Waals surface area contributed by atoms with Crippen molar-refractivity contribution in [3.63, 3.8) is 0 Å². The van der Waals surface area contributed by atoms with Gasteiger partial charge in [0, 0.05) is 35.3 Å². The number of ether oxygens (including phenoxy) is 1. The molecule has 0 aliphatic carbocycles. The molecule has 2 N–H and O–H groups in total. The van der Waals surface area contributed by atoms with E-state index in [0.717, 1.165) is 0 Å². The number of hydrogen-bond donors (Lipinski definition) is 2. The molecule has 1 aromatic carbocycles. The lowest BCUT2D eigenvalue weighted by molar-refractivity contribution is 0.475. The van der Waals surface area contributed by atoms with Crippen LogP contribution < -0.4 is 20.6 Å². The van der Waals surface area contributed by atoms with E-state index in [1.807, 2.05) is 6.92 Å². The third-order valence-electron chi connectivity index (χ3n) is 4.44. The Kier molecular flexibility index (Phi) is 6.11. The van der Waals surface area contributed by atoms with Crippen LogP contribution in [-0.2, 0) is 23.5 Å². The van der Waals surface area contributed by atoms with Crippen molar-refractivity contribution in [3.8, 4) is 22.6 Å². The average molecular weight is 445 g/mol. The lowest BCUT2D eigenvalue weighted by Crippen LogP contribution is -2.21. The number of nitrogens with zero attached hydrogens (tertiary/aromatic N) is 1. The summed E-state index contributed by atoms with van der Waals surface area (Å²) in [5.41, 5.74) is 0.280. The standard InChI is InChI=1S/C21H20FN3O5S/c1-4-13-10-14(12-25(3)21(13)27)17-11-18(24-31(28,29)5-2)23-20(26)19(17)30-16-8-6-15(22)7-9-16/h5-12H,2,4H2,1,3H3,(H2,23,24,26). The summed E-state index contributed by atoms with van der Waals surface area (Å²) in [5.74, 6) is -0.526. The maximum absolute atomic E-state index is 13.2. The van der Waals surface area contributed by atoms with Crippen LogP contribution in [0.5, 0.6) is 11.5 Å². The largest absolute Gasteiger partial charge is 0.451 e. The zero-order valence-electron chi connectivity index (χ0n) is 16.8. The first-order valence-corrected chi connectivity index (χ1v) is 10.7. The number of anilines is 1. The van der Waals surface area contributed by atoms with E-state index in [1.54, 1.807) is 13.1 Å². The normalized spacial score (nSPS) is 11.2. The van der Waals surface area contributed by atoms with Crippen LogP contribution in [0.4, 0.5) is 10.2 Å². The average Bonchev–Trinajstić information content (AvgIpc) is 2.73. The van der Waals surface area contributed by atoms with E-state index < -0.39 is 21.4 Å². The lowest BCUT2D eigenvalue weighted by Gasteiger charge is -2.14. The quantitative estimate of drug-likeness (QED) is 0.581. The fraction of sp³-hybridized carbons (Fsp3) is 0.143. The zero-order chi connectivity index (χ0) is 22.8. The summed E-state index contributed by atoms with van der Waals surface area (Å²) in [7, 11) is -2.32. The molecule has 0 atom stereocenters. The van der Waals surface area contributed by atoms with Gasteiger partial charge in [0.2, 0.25) is 0 Å². The van der Waals surface area contributed by atoms with Crippen LogP contribution in [-0.4, -0.2) is 18.0 Å². The van der Waals surface area contributed by atoms with Gasteiger partial charge in [-0.05, 0) is 42.8 Å². The summed E-state index contributed by atoms with van der Waals surface area (Å²) in [6.45, 7) is 5.04. The highest BCUT2D eigenvalue weighted by Gasteiger charge is 2.18. The maximum Gasteiger partial charge on any atom is 0.293 e. The summed E-state index contributed by atoms with van der Waals surface area (Å²) < 4.78 is 46.2. The minimum Gasteiger partial charge on any atom is -0.451 e. The summed E-state index contributed by atoms with van der Waals surface area (Å²) in [6.07, 6.45) is 1.97. The predicted octanol–water partition coefficient (Wildman–Crippen LogP) is 3.12. The first-order chi connectivity index (χ1) is 14.6. The summed E-state index contributed by atoms with van der Waals surface area (Å²) in [6, 6.07) is 8.05. The van der Waals surface area contributed by atoms with Gasteiger partial charge in [0.15, 0.2) is 5.75 Å². The molecule has 31 heavy (non-hydrogen) atoms. The van der Waals surface area contributed by atoms with Crippen LogP contribution >= 0.6 is 0 Å². The molecule has 0 unspecified atom stereocenters. The van der Waals surface area contributed by atoms with Gasteiger partial charge in [-0.2, -0.15) is 0 Å². The summed E-state index contributed by atoms with van der Waals surface area (Å²) in [5, 5.41) is 0.704. The van der Waals surface area contributed by atoms with Crippen LogP contribution in [0.15, 0.2) is 64.2 Å². The highest BCUT2D eigenvalue weighted by molar-refractivity contribution is 7.95. The second-order valence-electron chi connectivity index (χ2n) is 6.65. The molecule has 0 amide bonds. The topological polar surface area (TPSA) is 110 Å². The molecule has 0 saturated carbocycles. The molecule has 0 fully saturated rings. The number of nitrogens with one attached hydrogen (secondary N) is 2. The number of sulfonamides is 1. The smallest absolute Gasteiger partial charge is 0.293 e. The van der Waals surface area contributed by atoms with Crippen molar-refractivity contribution >= 4 is 15.8 Å². The molecule has 2 aromatic heterocycles. The number of aromatic nitrogens is 2. The van der Waals surface area contributed by atoms with Gasteiger partial charge in [-0.15, -0.1) is 0 Å². The van der Waals surface area contributed by atoms with Crippen molar-refractivity contribution in [2.24, 2.45) is 7.05 Å². The number of aryl methyl sites for hydroxylation is 2. The van der Waals surface area contributed by atoms with Crippen molar-refractivity contribution in [1.29, 1.82) is 0 Å². The highest BCUT2D eigenvalue weighted by atomic mass is 32.2. The Labute approximate surface area is 177 Å².